The summed E-state index contributed by atoms with van der Waals surface area (Å²) in [6, 6.07) is 2.62. The van der Waals surface area contributed by atoms with Gasteiger partial charge in [-0.15, -0.1) is 0 Å². The standard InChI is InChI=1S/C16H17ClN4O5/c1-10-12(15(17)21(2)20-10)5-6-14(23)26-9-13(22)19-16(24)18-8-11-4-3-7-25-11/h3-7H,8-9H2,1-2H3,(H2,18,19,22,24)/b6-5+. The molecule has 3 amide bonds. The molecule has 138 valence electrons. The number of imide groups is 1. The lowest BCUT2D eigenvalue weighted by Crippen LogP contribution is -2.41. The van der Waals surface area contributed by atoms with Crippen LogP contribution < -0.4 is 10.6 Å². The van der Waals surface area contributed by atoms with Crippen molar-refractivity contribution in [1.29, 1.82) is 0 Å². The smallest absolute Gasteiger partial charge is 0.331 e. The summed E-state index contributed by atoms with van der Waals surface area (Å²) >= 11 is 6.03. The first-order valence-electron chi connectivity index (χ1n) is 7.51. The highest BCUT2D eigenvalue weighted by Crippen LogP contribution is 2.19. The largest absolute Gasteiger partial charge is 0.467 e. The van der Waals surface area contributed by atoms with Crippen molar-refractivity contribution >= 4 is 35.6 Å². The molecule has 0 saturated carbocycles. The Kier molecular flexibility index (Phi) is 6.56. The molecule has 0 atom stereocenters. The third-order valence-electron chi connectivity index (χ3n) is 3.18. The number of furan rings is 1. The van der Waals surface area contributed by atoms with Gasteiger partial charge in [0.2, 0.25) is 0 Å². The van der Waals surface area contributed by atoms with Gasteiger partial charge in [0.15, 0.2) is 6.61 Å². The molecule has 0 aliphatic carbocycles. The number of aryl methyl sites for hydroxylation is 2. The number of ether oxygens (including phenoxy) is 1. The fraction of sp³-hybridized carbons (Fsp3) is 0.250. The van der Waals surface area contributed by atoms with Crippen molar-refractivity contribution in [1.82, 2.24) is 20.4 Å². The van der Waals surface area contributed by atoms with Gasteiger partial charge < -0.3 is 14.5 Å². The molecular weight excluding hydrogens is 364 g/mol. The molecule has 0 radical (unpaired) electrons. The Morgan fingerprint density at radius 1 is 1.42 bits per heavy atom. The van der Waals surface area contributed by atoms with Gasteiger partial charge in [-0.05, 0) is 25.1 Å². The minimum Gasteiger partial charge on any atom is -0.467 e. The van der Waals surface area contributed by atoms with Gasteiger partial charge in [0, 0.05) is 18.7 Å². The number of nitrogens with one attached hydrogen (secondary N) is 2. The summed E-state index contributed by atoms with van der Waals surface area (Å²) in [5.74, 6) is -0.983. The van der Waals surface area contributed by atoms with E-state index in [1.54, 1.807) is 26.1 Å². The monoisotopic (exact) mass is 380 g/mol. The summed E-state index contributed by atoms with van der Waals surface area (Å²) in [5.41, 5.74) is 1.22. The van der Waals surface area contributed by atoms with Crippen LogP contribution in [0.25, 0.3) is 6.08 Å². The maximum Gasteiger partial charge on any atom is 0.331 e. The fourth-order valence-electron chi connectivity index (χ4n) is 1.96. The molecule has 2 aromatic heterocycles. The van der Waals surface area contributed by atoms with Crippen LogP contribution in [0.2, 0.25) is 5.15 Å². The normalized spacial score (nSPS) is 10.7. The number of nitrogens with zero attached hydrogens (tertiary/aromatic N) is 2. The molecule has 0 aromatic carbocycles. The lowest BCUT2D eigenvalue weighted by molar-refractivity contribution is -0.143. The second-order valence-corrected chi connectivity index (χ2v) is 5.52. The number of esters is 1. The van der Waals surface area contributed by atoms with Crippen molar-refractivity contribution in [2.45, 2.75) is 13.5 Å². The lowest BCUT2D eigenvalue weighted by Gasteiger charge is -2.05. The topological polar surface area (TPSA) is 115 Å². The second kappa shape index (κ2) is 8.86. The van der Waals surface area contributed by atoms with Crippen LogP contribution in [0.1, 0.15) is 17.0 Å². The van der Waals surface area contributed by atoms with E-state index in [1.807, 2.05) is 5.32 Å². The molecule has 2 heterocycles. The Morgan fingerprint density at radius 2 is 2.19 bits per heavy atom. The summed E-state index contributed by atoms with van der Waals surface area (Å²) in [4.78, 5) is 34.7. The molecule has 26 heavy (non-hydrogen) atoms. The zero-order valence-electron chi connectivity index (χ0n) is 14.1. The molecule has 0 unspecified atom stereocenters. The van der Waals surface area contributed by atoms with E-state index in [0.717, 1.165) is 6.08 Å². The lowest BCUT2D eigenvalue weighted by atomic mass is 10.2. The van der Waals surface area contributed by atoms with Crippen LogP contribution >= 0.6 is 11.6 Å². The van der Waals surface area contributed by atoms with E-state index in [1.165, 1.54) is 17.0 Å². The van der Waals surface area contributed by atoms with Gasteiger partial charge >= 0.3 is 12.0 Å². The van der Waals surface area contributed by atoms with Crippen LogP contribution in [-0.2, 0) is 27.9 Å². The van der Waals surface area contributed by atoms with E-state index in [0.29, 0.717) is 22.2 Å². The molecule has 0 aliphatic heterocycles. The van der Waals surface area contributed by atoms with Gasteiger partial charge in [0.25, 0.3) is 5.91 Å². The van der Waals surface area contributed by atoms with E-state index >= 15 is 0 Å². The summed E-state index contributed by atoms with van der Waals surface area (Å²) in [6.45, 7) is 1.27. The van der Waals surface area contributed by atoms with Crippen molar-refractivity contribution in [3.05, 3.63) is 46.6 Å². The molecule has 0 bridgehead atoms. The Morgan fingerprint density at radius 3 is 2.81 bits per heavy atom. The minimum atomic E-state index is -0.765. The van der Waals surface area contributed by atoms with Gasteiger partial charge in [0.05, 0.1) is 18.5 Å². The highest BCUT2D eigenvalue weighted by atomic mass is 35.5. The van der Waals surface area contributed by atoms with Gasteiger partial charge in [-0.3, -0.25) is 14.8 Å². The van der Waals surface area contributed by atoms with Gasteiger partial charge in [-0.1, -0.05) is 11.6 Å². The van der Waals surface area contributed by atoms with E-state index < -0.39 is 24.5 Å². The summed E-state index contributed by atoms with van der Waals surface area (Å²) < 4.78 is 11.3. The van der Waals surface area contributed by atoms with Crippen molar-refractivity contribution in [2.24, 2.45) is 7.05 Å². The van der Waals surface area contributed by atoms with Crippen LogP contribution in [0.3, 0.4) is 0 Å². The number of carbonyl (C=O) groups excluding carboxylic acids is 3. The van der Waals surface area contributed by atoms with Crippen LogP contribution in [0.4, 0.5) is 4.79 Å². The number of hydrogen-bond acceptors (Lipinski definition) is 6. The Balaban J connectivity index is 1.73. The molecule has 2 N–H and O–H groups in total. The minimum absolute atomic E-state index is 0.125. The zero-order valence-corrected chi connectivity index (χ0v) is 14.9. The zero-order chi connectivity index (χ0) is 19.1. The molecule has 10 heteroatoms. The number of hydrogen-bond donors (Lipinski definition) is 2. The van der Waals surface area contributed by atoms with E-state index in [9.17, 15) is 14.4 Å². The van der Waals surface area contributed by atoms with Gasteiger partial charge in [-0.2, -0.15) is 5.10 Å². The maximum atomic E-state index is 11.6. The van der Waals surface area contributed by atoms with Crippen LogP contribution in [0.5, 0.6) is 0 Å². The molecule has 0 saturated heterocycles. The number of amides is 3. The molecule has 2 aromatic rings. The van der Waals surface area contributed by atoms with E-state index in [2.05, 4.69) is 10.4 Å². The molecule has 2 rings (SSSR count). The number of halogens is 1. The summed E-state index contributed by atoms with van der Waals surface area (Å²) in [5, 5.41) is 8.92. The fourth-order valence-corrected chi connectivity index (χ4v) is 2.20. The van der Waals surface area contributed by atoms with E-state index in [-0.39, 0.29) is 6.54 Å². The maximum absolute atomic E-state index is 11.6. The first kappa shape index (κ1) is 19.3. The SMILES string of the molecule is Cc1nn(C)c(Cl)c1/C=C/C(=O)OCC(=O)NC(=O)NCc1ccco1. The second-order valence-electron chi connectivity index (χ2n) is 5.16. The van der Waals surface area contributed by atoms with Gasteiger partial charge in [0.1, 0.15) is 10.9 Å². The number of aromatic nitrogens is 2. The Labute approximate surface area is 153 Å². The first-order valence-corrected chi connectivity index (χ1v) is 7.88. The molecule has 0 aliphatic rings. The van der Waals surface area contributed by atoms with Crippen molar-refractivity contribution in [2.75, 3.05) is 6.61 Å². The highest BCUT2D eigenvalue weighted by molar-refractivity contribution is 6.31. The third kappa shape index (κ3) is 5.49. The third-order valence-corrected chi connectivity index (χ3v) is 3.63. The van der Waals surface area contributed by atoms with Crippen molar-refractivity contribution in [3.63, 3.8) is 0 Å². The number of carbonyl (C=O) groups is 3. The van der Waals surface area contributed by atoms with Crippen LogP contribution in [-0.4, -0.2) is 34.3 Å². The van der Waals surface area contributed by atoms with Crippen molar-refractivity contribution in [3.8, 4) is 0 Å². The Hall–Kier alpha value is -3.07. The first-order chi connectivity index (χ1) is 12.4. The van der Waals surface area contributed by atoms with Crippen LogP contribution in [0, 0.1) is 6.92 Å². The van der Waals surface area contributed by atoms with Gasteiger partial charge in [-0.25, -0.2) is 9.59 Å². The van der Waals surface area contributed by atoms with Crippen LogP contribution in [0.15, 0.2) is 28.9 Å². The highest BCUT2D eigenvalue weighted by Gasteiger charge is 2.11. The average molecular weight is 381 g/mol. The molecular formula is C16H17ClN4O5. The average Bonchev–Trinajstić information content (AvgIpc) is 3.19. The molecule has 0 spiro atoms. The van der Waals surface area contributed by atoms with E-state index in [4.69, 9.17) is 20.8 Å². The predicted octanol–water partition coefficient (Wildman–Crippen LogP) is 1.56. The number of urea groups is 1. The van der Waals surface area contributed by atoms with Crippen molar-refractivity contribution < 1.29 is 23.5 Å². The summed E-state index contributed by atoms with van der Waals surface area (Å²) in [7, 11) is 1.67. The quantitative estimate of drug-likeness (QED) is 0.580. The summed E-state index contributed by atoms with van der Waals surface area (Å²) in [6.07, 6.45) is 4.04. The Bertz CT molecular complexity index is 826. The number of rotatable bonds is 6. The predicted molar refractivity (Wildman–Crippen MR) is 92.0 cm³/mol. The molecule has 9 nitrogen and oxygen atoms in total. The molecule has 0 fully saturated rings.